The average molecular weight is 405 g/mol. The molecule has 29 heavy (non-hydrogen) atoms. The molecule has 2 amide bonds. The van der Waals surface area contributed by atoms with Crippen LogP contribution in [0.5, 0.6) is 0 Å². The smallest absolute Gasteiger partial charge is 0.317 e. The number of benzene rings is 1. The van der Waals surface area contributed by atoms with Gasteiger partial charge in [-0.15, -0.1) is 5.10 Å². The summed E-state index contributed by atoms with van der Waals surface area (Å²) in [5, 5.41) is 14.7. The summed E-state index contributed by atoms with van der Waals surface area (Å²) in [7, 11) is 0. The van der Waals surface area contributed by atoms with Gasteiger partial charge in [-0.1, -0.05) is 19.3 Å². The number of nitrogens with one attached hydrogen (secondary N) is 1. The number of carbonyl (C=O) groups excluding carboxylic acids is 1. The number of nitrogens with zero attached hydrogens (tertiary/aromatic N) is 6. The first-order valence-corrected chi connectivity index (χ1v) is 10.1. The molecule has 1 saturated heterocycles. The molecule has 2 fully saturated rings. The van der Waals surface area contributed by atoms with Crippen molar-refractivity contribution in [3.8, 4) is 5.69 Å². The van der Waals surface area contributed by atoms with Crippen molar-refractivity contribution in [2.24, 2.45) is 0 Å². The second kappa shape index (κ2) is 8.81. The quantitative estimate of drug-likeness (QED) is 0.843. The number of amides is 2. The second-order valence-electron chi connectivity index (χ2n) is 7.65. The van der Waals surface area contributed by atoms with Crippen molar-refractivity contribution in [2.45, 2.75) is 44.7 Å². The molecule has 10 heteroatoms. The summed E-state index contributed by atoms with van der Waals surface area (Å²) in [4.78, 5) is 16.5. The van der Waals surface area contributed by atoms with E-state index in [1.807, 2.05) is 4.90 Å². The third-order valence-electron chi connectivity index (χ3n) is 5.64. The van der Waals surface area contributed by atoms with Gasteiger partial charge in [0.15, 0.2) is 17.5 Å². The van der Waals surface area contributed by atoms with E-state index in [-0.39, 0.29) is 6.03 Å². The topological polar surface area (TPSA) is 79.2 Å². The van der Waals surface area contributed by atoms with Gasteiger partial charge in [0.05, 0.1) is 12.2 Å². The minimum absolute atomic E-state index is 0.0168. The minimum Gasteiger partial charge on any atom is -0.335 e. The highest BCUT2D eigenvalue weighted by molar-refractivity contribution is 5.74. The molecule has 1 aromatic carbocycles. The molecule has 2 heterocycles. The average Bonchev–Trinajstić information content (AvgIpc) is 3.19. The van der Waals surface area contributed by atoms with Gasteiger partial charge < -0.3 is 10.2 Å². The first-order valence-electron chi connectivity index (χ1n) is 10.1. The Morgan fingerprint density at radius 3 is 2.55 bits per heavy atom. The number of hydrogen-bond acceptors (Lipinski definition) is 5. The zero-order chi connectivity index (χ0) is 20.2. The summed E-state index contributed by atoms with van der Waals surface area (Å²) in [6.07, 6.45) is 5.77. The van der Waals surface area contributed by atoms with E-state index in [0.29, 0.717) is 50.3 Å². The Bertz CT molecular complexity index is 845. The molecule has 8 nitrogen and oxygen atoms in total. The molecule has 0 unspecified atom stereocenters. The summed E-state index contributed by atoms with van der Waals surface area (Å²) < 4.78 is 28.1. The monoisotopic (exact) mass is 405 g/mol. The van der Waals surface area contributed by atoms with Gasteiger partial charge in [0, 0.05) is 38.3 Å². The predicted molar refractivity (Wildman–Crippen MR) is 101 cm³/mol. The molecule has 2 aliphatic rings. The van der Waals surface area contributed by atoms with Gasteiger partial charge in [-0.25, -0.2) is 13.6 Å². The van der Waals surface area contributed by atoms with E-state index in [4.69, 9.17) is 0 Å². The van der Waals surface area contributed by atoms with Gasteiger partial charge >= 0.3 is 6.03 Å². The first kappa shape index (κ1) is 19.7. The Hall–Kier alpha value is -2.62. The molecular weight excluding hydrogens is 380 g/mol. The van der Waals surface area contributed by atoms with Crippen LogP contribution >= 0.6 is 0 Å². The molecule has 0 atom stereocenters. The maximum Gasteiger partial charge on any atom is 0.317 e. The number of hydrogen-bond donors (Lipinski definition) is 1. The molecule has 1 aliphatic carbocycles. The lowest BCUT2D eigenvalue weighted by molar-refractivity contribution is 0.129. The van der Waals surface area contributed by atoms with E-state index in [1.165, 1.54) is 30.0 Å². The summed E-state index contributed by atoms with van der Waals surface area (Å²) in [5.74, 6) is -1.32. The Morgan fingerprint density at radius 2 is 1.83 bits per heavy atom. The van der Waals surface area contributed by atoms with Crippen molar-refractivity contribution in [1.29, 1.82) is 0 Å². The van der Waals surface area contributed by atoms with Crippen LogP contribution in [0.2, 0.25) is 0 Å². The van der Waals surface area contributed by atoms with Crippen molar-refractivity contribution >= 4 is 6.03 Å². The number of carbonyl (C=O) groups is 1. The Labute approximate surface area is 167 Å². The molecule has 0 bridgehead atoms. The molecule has 1 N–H and O–H groups in total. The fourth-order valence-electron chi connectivity index (χ4n) is 3.94. The van der Waals surface area contributed by atoms with Crippen molar-refractivity contribution in [3.05, 3.63) is 35.7 Å². The van der Waals surface area contributed by atoms with Crippen molar-refractivity contribution in [3.63, 3.8) is 0 Å². The minimum atomic E-state index is -0.943. The molecule has 1 aliphatic heterocycles. The standard InChI is InChI=1S/C19H25F2N7O/c20-16-7-6-15(12-17(16)21)28-18(23-24-25-28)13-26-8-10-27(11-9-26)19(29)22-14-4-2-1-3-5-14/h6-7,12,14H,1-5,8-11,13H2,(H,22,29). The van der Waals surface area contributed by atoms with E-state index in [9.17, 15) is 13.6 Å². The van der Waals surface area contributed by atoms with Crippen LogP contribution in [0.25, 0.3) is 5.69 Å². The lowest BCUT2D eigenvalue weighted by Gasteiger charge is -2.35. The van der Waals surface area contributed by atoms with Crippen molar-refractivity contribution in [2.75, 3.05) is 26.2 Å². The maximum absolute atomic E-state index is 13.5. The first-order chi connectivity index (χ1) is 14.1. The molecule has 0 spiro atoms. The zero-order valence-corrected chi connectivity index (χ0v) is 16.2. The molecule has 2 aromatic rings. The Morgan fingerprint density at radius 1 is 1.07 bits per heavy atom. The fraction of sp³-hybridized carbons (Fsp3) is 0.579. The maximum atomic E-state index is 13.5. The van der Waals surface area contributed by atoms with Crippen LogP contribution in [-0.2, 0) is 6.54 Å². The van der Waals surface area contributed by atoms with E-state index < -0.39 is 11.6 Å². The molecule has 1 aromatic heterocycles. The largest absolute Gasteiger partial charge is 0.335 e. The van der Waals surface area contributed by atoms with Crippen LogP contribution in [-0.4, -0.2) is 68.3 Å². The third kappa shape index (κ3) is 4.69. The van der Waals surface area contributed by atoms with E-state index in [2.05, 4.69) is 25.7 Å². The van der Waals surface area contributed by atoms with Crippen LogP contribution in [0.4, 0.5) is 13.6 Å². The molecule has 156 valence electrons. The number of halogens is 2. The van der Waals surface area contributed by atoms with Crippen LogP contribution < -0.4 is 5.32 Å². The van der Waals surface area contributed by atoms with Crippen LogP contribution in [0, 0.1) is 11.6 Å². The number of piperazine rings is 1. The lowest BCUT2D eigenvalue weighted by atomic mass is 9.96. The molecule has 4 rings (SSSR count). The number of tetrazole rings is 1. The van der Waals surface area contributed by atoms with Gasteiger partial charge in [0.1, 0.15) is 0 Å². The number of urea groups is 1. The highest BCUT2D eigenvalue weighted by Gasteiger charge is 2.25. The van der Waals surface area contributed by atoms with E-state index >= 15 is 0 Å². The van der Waals surface area contributed by atoms with Gasteiger partial charge in [0.2, 0.25) is 0 Å². The zero-order valence-electron chi connectivity index (χ0n) is 16.2. The third-order valence-corrected chi connectivity index (χ3v) is 5.64. The van der Waals surface area contributed by atoms with Gasteiger partial charge in [-0.05, 0) is 35.4 Å². The highest BCUT2D eigenvalue weighted by Crippen LogP contribution is 2.18. The molecule has 1 saturated carbocycles. The Kier molecular flexibility index (Phi) is 5.98. The van der Waals surface area contributed by atoms with Gasteiger partial charge in [-0.3, -0.25) is 4.90 Å². The van der Waals surface area contributed by atoms with Crippen LogP contribution in [0.1, 0.15) is 37.9 Å². The summed E-state index contributed by atoms with van der Waals surface area (Å²) in [6.45, 7) is 3.12. The van der Waals surface area contributed by atoms with Crippen molar-refractivity contribution < 1.29 is 13.6 Å². The SMILES string of the molecule is O=C(NC1CCCCC1)N1CCN(Cc2nnnn2-c2ccc(F)c(F)c2)CC1. The summed E-state index contributed by atoms with van der Waals surface area (Å²) in [6, 6.07) is 3.88. The molecular formula is C19H25F2N7O. The highest BCUT2D eigenvalue weighted by atomic mass is 19.2. The van der Waals surface area contributed by atoms with Gasteiger partial charge in [0.25, 0.3) is 0 Å². The van der Waals surface area contributed by atoms with Crippen LogP contribution in [0.15, 0.2) is 18.2 Å². The summed E-state index contributed by atoms with van der Waals surface area (Å²) >= 11 is 0. The summed E-state index contributed by atoms with van der Waals surface area (Å²) in [5.41, 5.74) is 0.370. The fourth-order valence-corrected chi connectivity index (χ4v) is 3.94. The van der Waals surface area contributed by atoms with Crippen molar-refractivity contribution in [1.82, 2.24) is 35.3 Å². The predicted octanol–water partition coefficient (Wildman–Crippen LogP) is 2.10. The lowest BCUT2D eigenvalue weighted by Crippen LogP contribution is -2.53. The van der Waals surface area contributed by atoms with Gasteiger partial charge in [-0.2, -0.15) is 4.68 Å². The van der Waals surface area contributed by atoms with Crippen LogP contribution in [0.3, 0.4) is 0 Å². The normalized spacial score (nSPS) is 18.8. The van der Waals surface area contributed by atoms with E-state index in [1.54, 1.807) is 0 Å². The van der Waals surface area contributed by atoms with E-state index in [0.717, 1.165) is 25.0 Å². The molecule has 0 radical (unpaired) electrons. The Balaban J connectivity index is 1.31. The number of rotatable bonds is 4. The number of aromatic nitrogens is 4. The second-order valence-corrected chi connectivity index (χ2v) is 7.65.